The molecule has 0 aliphatic carbocycles. The summed E-state index contributed by atoms with van der Waals surface area (Å²) in [7, 11) is 0. The Kier molecular flexibility index (Phi) is 5.69. The maximum Gasteiger partial charge on any atom is 0.347 e. The van der Waals surface area contributed by atoms with Crippen molar-refractivity contribution in [2.45, 2.75) is 45.1 Å². The second-order valence-electron chi connectivity index (χ2n) is 5.05. The highest BCUT2D eigenvalue weighted by Gasteiger charge is 2.19. The van der Waals surface area contributed by atoms with Crippen LogP contribution in [0.1, 0.15) is 46.6 Å². The van der Waals surface area contributed by atoms with Gasteiger partial charge in [0, 0.05) is 13.2 Å². The van der Waals surface area contributed by atoms with Gasteiger partial charge in [0.1, 0.15) is 9.88 Å². The SMILES string of the molecule is CCCc1nc(CC(=O)NCC2CCCO2)sc1C(=O)O. The standard InChI is InChI=1S/C14H20N2O4S/c1-2-4-10-13(14(18)19)21-12(16-10)7-11(17)15-8-9-5-3-6-20-9/h9H,2-8H2,1H3,(H,15,17)(H,18,19). The van der Waals surface area contributed by atoms with Crippen LogP contribution >= 0.6 is 11.3 Å². The Morgan fingerprint density at radius 1 is 1.52 bits per heavy atom. The minimum Gasteiger partial charge on any atom is -0.477 e. The summed E-state index contributed by atoms with van der Waals surface area (Å²) < 4.78 is 5.43. The van der Waals surface area contributed by atoms with Gasteiger partial charge >= 0.3 is 5.97 Å². The first-order chi connectivity index (χ1) is 10.1. The highest BCUT2D eigenvalue weighted by Crippen LogP contribution is 2.20. The van der Waals surface area contributed by atoms with Gasteiger partial charge in [-0.05, 0) is 19.3 Å². The lowest BCUT2D eigenvalue weighted by atomic mass is 10.2. The molecule has 0 saturated carbocycles. The Morgan fingerprint density at radius 2 is 2.33 bits per heavy atom. The molecule has 1 aliphatic heterocycles. The number of nitrogens with one attached hydrogen (secondary N) is 1. The van der Waals surface area contributed by atoms with Crippen LogP contribution in [0, 0.1) is 0 Å². The van der Waals surface area contributed by atoms with Crippen LogP contribution < -0.4 is 5.32 Å². The van der Waals surface area contributed by atoms with E-state index in [4.69, 9.17) is 9.84 Å². The van der Waals surface area contributed by atoms with Crippen molar-refractivity contribution in [1.29, 1.82) is 0 Å². The van der Waals surface area contributed by atoms with Crippen LogP contribution in [-0.4, -0.2) is 41.2 Å². The average molecular weight is 312 g/mol. The summed E-state index contributed by atoms with van der Waals surface area (Å²) in [4.78, 5) is 27.6. The molecule has 1 unspecified atom stereocenters. The average Bonchev–Trinajstić information content (AvgIpc) is 3.06. The van der Waals surface area contributed by atoms with E-state index in [1.807, 2.05) is 6.92 Å². The molecule has 116 valence electrons. The van der Waals surface area contributed by atoms with Crippen LogP contribution in [-0.2, 0) is 22.4 Å². The summed E-state index contributed by atoms with van der Waals surface area (Å²) in [6.07, 6.45) is 3.69. The second kappa shape index (κ2) is 7.51. The van der Waals surface area contributed by atoms with Gasteiger partial charge in [0.2, 0.25) is 5.91 Å². The van der Waals surface area contributed by atoms with Gasteiger partial charge in [-0.15, -0.1) is 11.3 Å². The number of ether oxygens (including phenoxy) is 1. The monoisotopic (exact) mass is 312 g/mol. The van der Waals surface area contributed by atoms with E-state index in [1.165, 1.54) is 0 Å². The van der Waals surface area contributed by atoms with E-state index >= 15 is 0 Å². The molecule has 7 heteroatoms. The highest BCUT2D eigenvalue weighted by molar-refractivity contribution is 7.13. The maximum absolute atomic E-state index is 11.9. The first-order valence-electron chi connectivity index (χ1n) is 7.20. The topological polar surface area (TPSA) is 88.5 Å². The lowest BCUT2D eigenvalue weighted by Crippen LogP contribution is -2.32. The summed E-state index contributed by atoms with van der Waals surface area (Å²) in [5, 5.41) is 12.5. The van der Waals surface area contributed by atoms with Crippen LogP contribution in [0.15, 0.2) is 0 Å². The first-order valence-corrected chi connectivity index (χ1v) is 8.02. The van der Waals surface area contributed by atoms with Crippen molar-refractivity contribution >= 4 is 23.2 Å². The highest BCUT2D eigenvalue weighted by atomic mass is 32.1. The van der Waals surface area contributed by atoms with Gasteiger partial charge in [0.15, 0.2) is 0 Å². The van der Waals surface area contributed by atoms with Gasteiger partial charge < -0.3 is 15.2 Å². The fourth-order valence-electron chi connectivity index (χ4n) is 2.28. The molecule has 0 spiro atoms. The van der Waals surface area contributed by atoms with E-state index in [1.54, 1.807) is 0 Å². The van der Waals surface area contributed by atoms with E-state index in [0.717, 1.165) is 37.2 Å². The van der Waals surface area contributed by atoms with Crippen LogP contribution in [0.5, 0.6) is 0 Å². The van der Waals surface area contributed by atoms with E-state index in [9.17, 15) is 9.59 Å². The lowest BCUT2D eigenvalue weighted by molar-refractivity contribution is -0.120. The molecule has 2 N–H and O–H groups in total. The molecule has 1 aromatic heterocycles. The van der Waals surface area contributed by atoms with Crippen LogP contribution in [0.3, 0.4) is 0 Å². The molecule has 0 aromatic carbocycles. The summed E-state index contributed by atoms with van der Waals surface area (Å²) in [5.41, 5.74) is 0.580. The largest absolute Gasteiger partial charge is 0.477 e. The zero-order valence-corrected chi connectivity index (χ0v) is 12.9. The Morgan fingerprint density at radius 3 is 2.95 bits per heavy atom. The van der Waals surface area contributed by atoms with Crippen molar-refractivity contribution in [3.63, 3.8) is 0 Å². The van der Waals surface area contributed by atoms with Crippen molar-refractivity contribution in [3.8, 4) is 0 Å². The predicted octanol–water partition coefficient (Wildman–Crippen LogP) is 1.63. The number of aromatic carboxylic acids is 1. The quantitative estimate of drug-likeness (QED) is 0.799. The molecular weight excluding hydrogens is 292 g/mol. The van der Waals surface area contributed by atoms with Crippen LogP contribution in [0.2, 0.25) is 0 Å². The number of carbonyl (C=O) groups excluding carboxylic acids is 1. The number of carboxylic acid groups (broad SMARTS) is 1. The zero-order chi connectivity index (χ0) is 15.2. The van der Waals surface area contributed by atoms with Gasteiger partial charge in [-0.1, -0.05) is 13.3 Å². The van der Waals surface area contributed by atoms with Crippen LogP contribution in [0.4, 0.5) is 0 Å². The molecule has 1 atom stereocenters. The molecule has 1 fully saturated rings. The number of aromatic nitrogens is 1. The van der Waals surface area contributed by atoms with E-state index in [-0.39, 0.29) is 23.3 Å². The third kappa shape index (κ3) is 4.50. The molecule has 1 aromatic rings. The van der Waals surface area contributed by atoms with Gasteiger partial charge in [0.25, 0.3) is 0 Å². The number of thiazole rings is 1. The Hall–Kier alpha value is -1.47. The predicted molar refractivity (Wildman–Crippen MR) is 78.8 cm³/mol. The van der Waals surface area contributed by atoms with Crippen molar-refractivity contribution in [2.24, 2.45) is 0 Å². The zero-order valence-electron chi connectivity index (χ0n) is 12.1. The third-order valence-electron chi connectivity index (χ3n) is 3.29. The smallest absolute Gasteiger partial charge is 0.347 e. The summed E-state index contributed by atoms with van der Waals surface area (Å²) in [6, 6.07) is 0. The minimum absolute atomic E-state index is 0.107. The van der Waals surface area contributed by atoms with Crippen molar-refractivity contribution in [3.05, 3.63) is 15.6 Å². The van der Waals surface area contributed by atoms with Crippen LogP contribution in [0.25, 0.3) is 0 Å². The summed E-state index contributed by atoms with van der Waals surface area (Å²) in [5.74, 6) is -1.11. The number of hydrogen-bond acceptors (Lipinski definition) is 5. The molecule has 0 bridgehead atoms. The Balaban J connectivity index is 1.90. The fraction of sp³-hybridized carbons (Fsp3) is 0.643. The van der Waals surface area contributed by atoms with Gasteiger partial charge in [-0.25, -0.2) is 9.78 Å². The summed E-state index contributed by atoms with van der Waals surface area (Å²) >= 11 is 1.09. The number of carbonyl (C=O) groups is 2. The molecule has 1 aliphatic rings. The fourth-order valence-corrected chi connectivity index (χ4v) is 3.23. The summed E-state index contributed by atoms with van der Waals surface area (Å²) in [6.45, 7) is 3.24. The number of amides is 1. The number of hydrogen-bond donors (Lipinski definition) is 2. The molecule has 1 saturated heterocycles. The molecule has 2 heterocycles. The third-order valence-corrected chi connectivity index (χ3v) is 4.37. The van der Waals surface area contributed by atoms with E-state index < -0.39 is 5.97 Å². The van der Waals surface area contributed by atoms with Gasteiger partial charge in [-0.2, -0.15) is 0 Å². The molecule has 21 heavy (non-hydrogen) atoms. The molecule has 1 amide bonds. The number of nitrogens with zero attached hydrogens (tertiary/aromatic N) is 1. The molecule has 2 rings (SSSR count). The van der Waals surface area contributed by atoms with Crippen molar-refractivity contribution < 1.29 is 19.4 Å². The number of aryl methyl sites for hydroxylation is 1. The molecular formula is C14H20N2O4S. The maximum atomic E-state index is 11.9. The van der Waals surface area contributed by atoms with E-state index in [2.05, 4.69) is 10.3 Å². The second-order valence-corrected chi connectivity index (χ2v) is 6.14. The first kappa shape index (κ1) is 15.9. The molecule has 6 nitrogen and oxygen atoms in total. The van der Waals surface area contributed by atoms with Crippen molar-refractivity contribution in [2.75, 3.05) is 13.2 Å². The van der Waals surface area contributed by atoms with Crippen molar-refractivity contribution in [1.82, 2.24) is 10.3 Å². The normalized spacial score (nSPS) is 17.9. The van der Waals surface area contributed by atoms with Gasteiger partial charge in [0.05, 0.1) is 18.2 Å². The minimum atomic E-state index is -0.970. The number of carboxylic acids is 1. The Bertz CT molecular complexity index is 509. The van der Waals surface area contributed by atoms with E-state index in [0.29, 0.717) is 23.7 Å². The van der Waals surface area contributed by atoms with Gasteiger partial charge in [-0.3, -0.25) is 4.79 Å². The number of rotatable bonds is 7. The Labute approximate surface area is 127 Å². The lowest BCUT2D eigenvalue weighted by Gasteiger charge is -2.09. The molecule has 0 radical (unpaired) electrons.